The van der Waals surface area contributed by atoms with Gasteiger partial charge in [-0.15, -0.1) is 0 Å². The van der Waals surface area contributed by atoms with E-state index in [1.807, 2.05) is 47.4 Å². The molecule has 8 nitrogen and oxygen atoms in total. The van der Waals surface area contributed by atoms with Crippen LogP contribution in [0.15, 0.2) is 60.7 Å². The van der Waals surface area contributed by atoms with Crippen molar-refractivity contribution < 1.29 is 9.53 Å². The molecule has 0 spiro atoms. The van der Waals surface area contributed by atoms with Gasteiger partial charge in [-0.2, -0.15) is 5.10 Å². The summed E-state index contributed by atoms with van der Waals surface area (Å²) in [6.07, 6.45) is 5.14. The van der Waals surface area contributed by atoms with Gasteiger partial charge in [-0.3, -0.25) is 14.8 Å². The summed E-state index contributed by atoms with van der Waals surface area (Å²) in [6.45, 7) is 7.40. The predicted octanol–water partition coefficient (Wildman–Crippen LogP) is 4.63. The van der Waals surface area contributed by atoms with Crippen molar-refractivity contribution in [3.8, 4) is 0 Å². The van der Waals surface area contributed by atoms with Crippen LogP contribution >= 0.6 is 0 Å². The van der Waals surface area contributed by atoms with Crippen molar-refractivity contribution in [3.63, 3.8) is 0 Å². The highest BCUT2D eigenvalue weighted by Gasteiger charge is 2.31. The summed E-state index contributed by atoms with van der Waals surface area (Å²) in [4.78, 5) is 20.4. The fourth-order valence-electron chi connectivity index (χ4n) is 5.76. The van der Waals surface area contributed by atoms with Crippen molar-refractivity contribution in [1.82, 2.24) is 20.0 Å². The Hall–Kier alpha value is -3.98. The summed E-state index contributed by atoms with van der Waals surface area (Å²) in [5.41, 5.74) is 13.4. The molecule has 1 fully saturated rings. The molecule has 8 heteroatoms. The van der Waals surface area contributed by atoms with Crippen molar-refractivity contribution in [2.45, 2.75) is 19.5 Å². The molecule has 1 aromatic heterocycles. The fourth-order valence-corrected chi connectivity index (χ4v) is 5.76. The second kappa shape index (κ2) is 11.6. The lowest BCUT2D eigenvalue weighted by atomic mass is 10.1. The molecule has 4 aromatic rings. The highest BCUT2D eigenvalue weighted by Crippen LogP contribution is 2.35. The number of hydrogen-bond acceptors (Lipinski definition) is 6. The lowest BCUT2D eigenvalue weighted by Crippen LogP contribution is -2.46. The largest absolute Gasteiger partial charge is 0.398 e. The number of aromatic amines is 1. The van der Waals surface area contributed by atoms with E-state index in [9.17, 15) is 4.79 Å². The molecule has 0 atom stereocenters. The molecule has 3 N–H and O–H groups in total. The van der Waals surface area contributed by atoms with E-state index in [2.05, 4.69) is 50.3 Å². The van der Waals surface area contributed by atoms with Gasteiger partial charge in [-0.25, -0.2) is 0 Å². The molecule has 6 rings (SSSR count). The number of para-hydroxylation sites is 1. The number of methoxy groups -OCH3 is 1. The zero-order valence-electron chi connectivity index (χ0n) is 23.0. The standard InChI is InChI=1S/C32H36N6O2/c1-40-19-5-14-36-15-17-37(18-16-36)21-23-10-11-24(12-13-30-26-6-2-3-9-29(26)34-35-30)31(20-23)38-22-27-25(32(38)39)7-4-8-28(27)33/h2-4,6-13,20H,5,14-19,21-22,33H2,1H3,(H,34,35)/b13-12+. The molecule has 0 radical (unpaired) electrons. The summed E-state index contributed by atoms with van der Waals surface area (Å²) >= 11 is 0. The number of aromatic nitrogens is 2. The Morgan fingerprint density at radius 1 is 1.00 bits per heavy atom. The monoisotopic (exact) mass is 536 g/mol. The van der Waals surface area contributed by atoms with Gasteiger partial charge in [-0.1, -0.05) is 42.5 Å². The number of nitrogens with two attached hydrogens (primary N) is 1. The van der Waals surface area contributed by atoms with Crippen molar-refractivity contribution in [2.24, 2.45) is 0 Å². The molecule has 1 amide bonds. The maximum Gasteiger partial charge on any atom is 0.259 e. The molecule has 0 unspecified atom stereocenters. The molecule has 0 bridgehead atoms. The van der Waals surface area contributed by atoms with Crippen LogP contribution in [0, 0.1) is 0 Å². The van der Waals surface area contributed by atoms with E-state index in [4.69, 9.17) is 10.5 Å². The zero-order chi connectivity index (χ0) is 27.5. The first-order valence-electron chi connectivity index (χ1n) is 14.0. The Labute approximate surface area is 235 Å². The molecule has 206 valence electrons. The van der Waals surface area contributed by atoms with Gasteiger partial charge < -0.3 is 20.3 Å². The molecule has 0 aliphatic carbocycles. The summed E-state index contributed by atoms with van der Waals surface area (Å²) in [6, 6.07) is 20.1. The minimum Gasteiger partial charge on any atom is -0.398 e. The number of nitrogens with zero attached hydrogens (tertiary/aromatic N) is 4. The quantitative estimate of drug-likeness (QED) is 0.240. The second-order valence-corrected chi connectivity index (χ2v) is 10.6. The molecular weight excluding hydrogens is 500 g/mol. The Morgan fingerprint density at radius 2 is 1.82 bits per heavy atom. The van der Waals surface area contributed by atoms with Crippen LogP contribution in [0.3, 0.4) is 0 Å². The van der Waals surface area contributed by atoms with Crippen LogP contribution in [0.25, 0.3) is 23.1 Å². The number of nitrogens with one attached hydrogen (secondary N) is 1. The third-order valence-electron chi connectivity index (χ3n) is 8.00. The number of amides is 1. The lowest BCUT2D eigenvalue weighted by molar-refractivity contribution is 0.0996. The molecule has 1 saturated heterocycles. The van der Waals surface area contributed by atoms with E-state index >= 15 is 0 Å². The van der Waals surface area contributed by atoms with Gasteiger partial charge >= 0.3 is 0 Å². The van der Waals surface area contributed by atoms with E-state index in [1.165, 1.54) is 5.56 Å². The van der Waals surface area contributed by atoms with Crippen LogP contribution in [0.5, 0.6) is 0 Å². The number of hydrogen-bond donors (Lipinski definition) is 2. The first-order valence-corrected chi connectivity index (χ1v) is 14.0. The summed E-state index contributed by atoms with van der Waals surface area (Å²) < 4.78 is 5.21. The number of ether oxygens (including phenoxy) is 1. The van der Waals surface area contributed by atoms with E-state index in [1.54, 1.807) is 7.11 Å². The molecular formula is C32H36N6O2. The third-order valence-corrected chi connectivity index (χ3v) is 8.00. The second-order valence-electron chi connectivity index (χ2n) is 10.6. The molecule has 2 aliphatic heterocycles. The smallest absolute Gasteiger partial charge is 0.259 e. The highest BCUT2D eigenvalue weighted by atomic mass is 16.5. The van der Waals surface area contributed by atoms with Gasteiger partial charge in [0, 0.05) is 75.2 Å². The van der Waals surface area contributed by atoms with Gasteiger partial charge in [0.25, 0.3) is 5.91 Å². The maximum atomic E-state index is 13.6. The van der Waals surface area contributed by atoms with Crippen LogP contribution in [-0.4, -0.2) is 72.3 Å². The van der Waals surface area contributed by atoms with Crippen molar-refractivity contribution in [1.29, 1.82) is 0 Å². The Morgan fingerprint density at radius 3 is 2.65 bits per heavy atom. The number of H-pyrrole nitrogens is 1. The molecule has 2 aliphatic rings. The summed E-state index contributed by atoms with van der Waals surface area (Å²) in [5.74, 6) is -0.0102. The SMILES string of the molecule is COCCCN1CCN(Cc2ccc(/C=C/c3n[nH]c4ccccc34)c(N3Cc4c(N)cccc4C3=O)c2)CC1. The van der Waals surface area contributed by atoms with Crippen LogP contribution in [0.4, 0.5) is 11.4 Å². The topological polar surface area (TPSA) is 90.7 Å². The van der Waals surface area contributed by atoms with E-state index < -0.39 is 0 Å². The third kappa shape index (κ3) is 5.38. The number of carbonyl (C=O) groups is 1. The average Bonchev–Trinajstić information content (AvgIpc) is 3.55. The molecule has 3 heterocycles. The van der Waals surface area contributed by atoms with Crippen LogP contribution < -0.4 is 10.6 Å². The molecule has 0 saturated carbocycles. The fraction of sp³-hybridized carbons (Fsp3) is 0.312. The van der Waals surface area contributed by atoms with Gasteiger partial charge in [0.15, 0.2) is 0 Å². The number of rotatable bonds is 9. The van der Waals surface area contributed by atoms with Crippen molar-refractivity contribution in [3.05, 3.63) is 88.6 Å². The van der Waals surface area contributed by atoms with Gasteiger partial charge in [0.2, 0.25) is 0 Å². The summed E-state index contributed by atoms with van der Waals surface area (Å²) in [7, 11) is 1.76. The first-order chi connectivity index (χ1) is 19.6. The highest BCUT2D eigenvalue weighted by molar-refractivity contribution is 6.12. The normalized spacial score (nSPS) is 16.4. The van der Waals surface area contributed by atoms with Gasteiger partial charge in [0.1, 0.15) is 0 Å². The Balaban J connectivity index is 1.26. The number of benzene rings is 3. The Bertz CT molecular complexity index is 1540. The predicted molar refractivity (Wildman–Crippen MR) is 161 cm³/mol. The van der Waals surface area contributed by atoms with E-state index in [0.29, 0.717) is 17.8 Å². The zero-order valence-corrected chi connectivity index (χ0v) is 23.0. The minimum atomic E-state index is -0.0102. The van der Waals surface area contributed by atoms with Crippen LogP contribution in [-0.2, 0) is 17.8 Å². The first kappa shape index (κ1) is 26.3. The minimum absolute atomic E-state index is 0.0102. The lowest BCUT2D eigenvalue weighted by Gasteiger charge is -2.34. The molecule has 3 aromatic carbocycles. The number of piperazine rings is 1. The summed E-state index contributed by atoms with van der Waals surface area (Å²) in [5, 5.41) is 8.66. The van der Waals surface area contributed by atoms with Gasteiger partial charge in [-0.05, 0) is 47.9 Å². The number of carbonyl (C=O) groups excluding carboxylic acids is 1. The van der Waals surface area contributed by atoms with Crippen molar-refractivity contribution >= 4 is 40.3 Å². The number of fused-ring (bicyclic) bond motifs is 2. The van der Waals surface area contributed by atoms with E-state index in [-0.39, 0.29) is 5.91 Å². The Kier molecular flexibility index (Phi) is 7.64. The average molecular weight is 537 g/mol. The van der Waals surface area contributed by atoms with Crippen molar-refractivity contribution in [2.75, 3.05) is 57.1 Å². The van der Waals surface area contributed by atoms with Crippen LogP contribution in [0.2, 0.25) is 0 Å². The number of anilines is 2. The van der Waals surface area contributed by atoms with Gasteiger partial charge in [0.05, 0.1) is 23.4 Å². The van der Waals surface area contributed by atoms with E-state index in [0.717, 1.165) is 85.7 Å². The number of nitrogen functional groups attached to an aromatic ring is 1. The maximum absolute atomic E-state index is 13.6. The van der Waals surface area contributed by atoms with Crippen LogP contribution in [0.1, 0.15) is 39.2 Å². The molecule has 40 heavy (non-hydrogen) atoms.